The van der Waals surface area contributed by atoms with E-state index >= 15 is 0 Å². The summed E-state index contributed by atoms with van der Waals surface area (Å²) in [6, 6.07) is 8.33. The van der Waals surface area contributed by atoms with Crippen LogP contribution in [-0.4, -0.2) is 24.1 Å². The Balaban J connectivity index is 2.30. The lowest BCUT2D eigenvalue weighted by molar-refractivity contribution is 0.0925. The number of ether oxygens (including phenoxy) is 2. The summed E-state index contributed by atoms with van der Waals surface area (Å²) >= 11 is 0. The van der Waals surface area contributed by atoms with Crippen LogP contribution in [0.3, 0.4) is 0 Å². The van der Waals surface area contributed by atoms with E-state index in [-0.39, 0.29) is 23.4 Å². The minimum absolute atomic E-state index is 0.147. The van der Waals surface area contributed by atoms with E-state index in [9.17, 15) is 9.59 Å². The van der Waals surface area contributed by atoms with Crippen LogP contribution in [0.5, 0.6) is 11.5 Å². The number of carbonyl (C=O) groups excluding carboxylic acids is 1. The Morgan fingerprint density at radius 2 is 1.77 bits per heavy atom. The molecule has 0 aliphatic carbocycles. The highest BCUT2D eigenvalue weighted by Gasteiger charge is 2.21. The zero-order valence-electron chi connectivity index (χ0n) is 15.7. The number of benzene rings is 1. The number of aromatic nitrogens is 1. The number of H-pyrrole nitrogens is 1. The average Bonchev–Trinajstić information content (AvgIpc) is 2.61. The molecule has 0 saturated heterocycles. The molecule has 2 N–H and O–H groups in total. The standard InChI is InChI=1S/C20H26N2O4/c1-5-25-16-8-7-14(11-17(16)26-6-2)19(13(3)4)22-20(24)15-9-10-21-18(23)12-15/h7-13,19H,5-6H2,1-4H3,(H,21,23)(H,22,24)/t19-/m1/s1. The van der Waals surface area contributed by atoms with Crippen LogP contribution in [0.2, 0.25) is 0 Å². The van der Waals surface area contributed by atoms with Crippen molar-refractivity contribution in [2.45, 2.75) is 33.7 Å². The Morgan fingerprint density at radius 3 is 2.38 bits per heavy atom. The van der Waals surface area contributed by atoms with Crippen molar-refractivity contribution in [3.8, 4) is 11.5 Å². The van der Waals surface area contributed by atoms with Gasteiger partial charge in [-0.25, -0.2) is 0 Å². The van der Waals surface area contributed by atoms with Gasteiger partial charge in [0.05, 0.1) is 19.3 Å². The molecule has 0 aliphatic rings. The summed E-state index contributed by atoms with van der Waals surface area (Å²) in [5.41, 5.74) is 0.943. The van der Waals surface area contributed by atoms with Crippen molar-refractivity contribution in [3.05, 3.63) is 58.0 Å². The minimum atomic E-state index is -0.307. The predicted molar refractivity (Wildman–Crippen MR) is 101 cm³/mol. The first-order chi connectivity index (χ1) is 12.5. The van der Waals surface area contributed by atoms with E-state index in [1.54, 1.807) is 6.07 Å². The summed E-state index contributed by atoms with van der Waals surface area (Å²) < 4.78 is 11.3. The smallest absolute Gasteiger partial charge is 0.252 e. The molecule has 0 aliphatic heterocycles. The first-order valence-corrected chi connectivity index (χ1v) is 8.85. The second-order valence-electron chi connectivity index (χ2n) is 6.21. The Morgan fingerprint density at radius 1 is 1.08 bits per heavy atom. The van der Waals surface area contributed by atoms with Crippen molar-refractivity contribution in [2.75, 3.05) is 13.2 Å². The number of hydrogen-bond acceptors (Lipinski definition) is 4. The van der Waals surface area contributed by atoms with Crippen LogP contribution in [0.25, 0.3) is 0 Å². The summed E-state index contributed by atoms with van der Waals surface area (Å²) in [6.45, 7) is 8.96. The number of amides is 1. The molecule has 1 heterocycles. The molecule has 0 bridgehead atoms. The van der Waals surface area contributed by atoms with Gasteiger partial charge in [0.1, 0.15) is 0 Å². The molecule has 140 valence electrons. The third-order valence-corrected chi connectivity index (χ3v) is 3.92. The fourth-order valence-electron chi connectivity index (χ4n) is 2.71. The molecule has 1 atom stereocenters. The number of hydrogen-bond donors (Lipinski definition) is 2. The average molecular weight is 358 g/mol. The van der Waals surface area contributed by atoms with Crippen LogP contribution in [-0.2, 0) is 0 Å². The molecule has 0 radical (unpaired) electrons. The molecule has 0 fully saturated rings. The number of nitrogens with one attached hydrogen (secondary N) is 2. The van der Waals surface area contributed by atoms with Crippen LogP contribution in [0.15, 0.2) is 41.3 Å². The summed E-state index contributed by atoms with van der Waals surface area (Å²) in [7, 11) is 0. The van der Waals surface area contributed by atoms with Crippen molar-refractivity contribution < 1.29 is 14.3 Å². The molecule has 2 aromatic rings. The number of aromatic amines is 1. The predicted octanol–water partition coefficient (Wildman–Crippen LogP) is 3.30. The molecule has 0 saturated carbocycles. The molecule has 26 heavy (non-hydrogen) atoms. The summed E-state index contributed by atoms with van der Waals surface area (Å²) in [5, 5.41) is 3.01. The SMILES string of the molecule is CCOc1ccc([C@H](NC(=O)c2cc[nH]c(=O)c2)C(C)C)cc1OCC. The highest BCUT2D eigenvalue weighted by atomic mass is 16.5. The van der Waals surface area contributed by atoms with Crippen LogP contribution < -0.4 is 20.3 Å². The van der Waals surface area contributed by atoms with E-state index < -0.39 is 0 Å². The number of rotatable bonds is 8. The fraction of sp³-hybridized carbons (Fsp3) is 0.400. The molecular weight excluding hydrogens is 332 g/mol. The summed E-state index contributed by atoms with van der Waals surface area (Å²) in [4.78, 5) is 26.5. The lowest BCUT2D eigenvalue weighted by Gasteiger charge is -2.24. The Hall–Kier alpha value is -2.76. The quantitative estimate of drug-likeness (QED) is 0.759. The van der Waals surface area contributed by atoms with Gasteiger partial charge in [0, 0.05) is 17.8 Å². The minimum Gasteiger partial charge on any atom is -0.490 e. The van der Waals surface area contributed by atoms with Gasteiger partial charge in [0.25, 0.3) is 5.91 Å². The van der Waals surface area contributed by atoms with Gasteiger partial charge >= 0.3 is 0 Å². The van der Waals surface area contributed by atoms with Gasteiger partial charge in [-0.2, -0.15) is 0 Å². The summed E-state index contributed by atoms with van der Waals surface area (Å²) in [5.74, 6) is 1.19. The van der Waals surface area contributed by atoms with Gasteiger partial charge in [0.15, 0.2) is 11.5 Å². The molecule has 2 rings (SSSR count). The van der Waals surface area contributed by atoms with Crippen LogP contribution in [0.1, 0.15) is 49.7 Å². The fourth-order valence-corrected chi connectivity index (χ4v) is 2.71. The zero-order chi connectivity index (χ0) is 19.1. The van der Waals surface area contributed by atoms with Gasteiger partial charge in [0.2, 0.25) is 5.56 Å². The van der Waals surface area contributed by atoms with Crippen molar-refractivity contribution in [1.82, 2.24) is 10.3 Å². The van der Waals surface area contributed by atoms with Crippen molar-refractivity contribution in [3.63, 3.8) is 0 Å². The molecule has 1 aromatic carbocycles. The van der Waals surface area contributed by atoms with Gasteiger partial charge in [-0.05, 0) is 43.5 Å². The first kappa shape index (κ1) is 19.6. The van der Waals surface area contributed by atoms with Crippen LogP contribution in [0, 0.1) is 5.92 Å². The maximum atomic E-state index is 12.5. The van der Waals surface area contributed by atoms with Gasteiger partial charge < -0.3 is 19.8 Å². The topological polar surface area (TPSA) is 80.4 Å². The van der Waals surface area contributed by atoms with E-state index in [1.807, 2.05) is 45.9 Å². The van der Waals surface area contributed by atoms with E-state index in [4.69, 9.17) is 9.47 Å². The van der Waals surface area contributed by atoms with Crippen molar-refractivity contribution >= 4 is 5.91 Å². The third kappa shape index (κ3) is 4.88. The molecule has 0 spiro atoms. The monoisotopic (exact) mass is 358 g/mol. The summed E-state index contributed by atoms with van der Waals surface area (Å²) in [6.07, 6.45) is 1.46. The van der Waals surface area contributed by atoms with E-state index in [0.29, 0.717) is 30.3 Å². The highest BCUT2D eigenvalue weighted by Crippen LogP contribution is 2.33. The van der Waals surface area contributed by atoms with E-state index in [0.717, 1.165) is 5.56 Å². The van der Waals surface area contributed by atoms with Crippen LogP contribution >= 0.6 is 0 Å². The first-order valence-electron chi connectivity index (χ1n) is 8.85. The Kier molecular flexibility index (Phi) is 6.83. The molecule has 6 heteroatoms. The second kappa shape index (κ2) is 9.08. The van der Waals surface area contributed by atoms with Gasteiger partial charge in [-0.3, -0.25) is 9.59 Å². The molecule has 0 unspecified atom stereocenters. The maximum Gasteiger partial charge on any atom is 0.252 e. The molecular formula is C20H26N2O4. The Labute approximate surface area is 153 Å². The van der Waals surface area contributed by atoms with Gasteiger partial charge in [-0.1, -0.05) is 19.9 Å². The second-order valence-corrected chi connectivity index (χ2v) is 6.21. The normalized spacial score (nSPS) is 11.9. The maximum absolute atomic E-state index is 12.5. The number of pyridine rings is 1. The van der Waals surface area contributed by atoms with Crippen molar-refractivity contribution in [1.29, 1.82) is 0 Å². The largest absolute Gasteiger partial charge is 0.490 e. The zero-order valence-corrected chi connectivity index (χ0v) is 15.7. The Bertz CT molecular complexity index is 798. The van der Waals surface area contributed by atoms with Crippen molar-refractivity contribution in [2.24, 2.45) is 5.92 Å². The molecule has 6 nitrogen and oxygen atoms in total. The molecule has 1 amide bonds. The highest BCUT2D eigenvalue weighted by molar-refractivity contribution is 5.94. The van der Waals surface area contributed by atoms with Gasteiger partial charge in [-0.15, -0.1) is 0 Å². The van der Waals surface area contributed by atoms with E-state index in [1.165, 1.54) is 12.3 Å². The van der Waals surface area contributed by atoms with E-state index in [2.05, 4.69) is 10.3 Å². The molecule has 1 aromatic heterocycles. The lowest BCUT2D eigenvalue weighted by atomic mass is 9.95. The lowest BCUT2D eigenvalue weighted by Crippen LogP contribution is -2.32. The van der Waals surface area contributed by atoms with Crippen LogP contribution in [0.4, 0.5) is 0 Å². The third-order valence-electron chi connectivity index (χ3n) is 3.92. The number of carbonyl (C=O) groups is 1.